The molecule has 0 unspecified atom stereocenters. The molecule has 0 fully saturated rings. The zero-order chi connectivity index (χ0) is 20.7. The second-order valence-corrected chi connectivity index (χ2v) is 9.40. The Balaban J connectivity index is 1.85. The van der Waals surface area contributed by atoms with E-state index in [9.17, 15) is 13.2 Å². The number of esters is 1. The fourth-order valence-electron chi connectivity index (χ4n) is 1.97. The van der Waals surface area contributed by atoms with Crippen LogP contribution < -0.4 is 9.46 Å². The van der Waals surface area contributed by atoms with Crippen LogP contribution in [0, 0.1) is 0 Å². The summed E-state index contributed by atoms with van der Waals surface area (Å²) in [6.07, 6.45) is 0. The lowest BCUT2D eigenvalue weighted by Crippen LogP contribution is -2.26. The highest BCUT2D eigenvalue weighted by molar-refractivity contribution is 7.99. The van der Waals surface area contributed by atoms with Gasteiger partial charge in [0.15, 0.2) is 6.61 Å². The maximum absolute atomic E-state index is 12.4. The van der Waals surface area contributed by atoms with Crippen LogP contribution in [0.2, 0.25) is 15.1 Å². The number of carbonyl (C=O) groups is 1. The van der Waals surface area contributed by atoms with Crippen molar-refractivity contribution in [2.75, 3.05) is 26.0 Å². The van der Waals surface area contributed by atoms with Crippen LogP contribution in [-0.4, -0.2) is 40.4 Å². The van der Waals surface area contributed by atoms with Crippen LogP contribution in [0.25, 0.3) is 0 Å². The quantitative estimate of drug-likeness (QED) is 0.248. The molecule has 28 heavy (non-hydrogen) atoms. The van der Waals surface area contributed by atoms with E-state index in [1.165, 1.54) is 31.0 Å². The van der Waals surface area contributed by atoms with E-state index in [1.807, 2.05) is 12.1 Å². The van der Waals surface area contributed by atoms with Gasteiger partial charge in [-0.3, -0.25) is 0 Å². The molecule has 2 aromatic rings. The molecule has 0 aliphatic heterocycles. The number of nitrogens with one attached hydrogen (secondary N) is 1. The molecule has 0 aromatic heterocycles. The molecule has 0 atom stereocenters. The summed E-state index contributed by atoms with van der Waals surface area (Å²) in [7, 11) is -2.52. The zero-order valence-electron chi connectivity index (χ0n) is 14.6. The minimum Gasteiger partial charge on any atom is -0.482 e. The summed E-state index contributed by atoms with van der Waals surface area (Å²) >= 11 is 19.1. The van der Waals surface area contributed by atoms with Gasteiger partial charge in [0, 0.05) is 17.2 Å². The molecule has 0 saturated carbocycles. The normalized spacial score (nSPS) is 11.3. The maximum Gasteiger partial charge on any atom is 0.343 e. The van der Waals surface area contributed by atoms with Gasteiger partial charge in [-0.05, 0) is 36.4 Å². The minimum atomic E-state index is -3.81. The molecule has 0 amide bonds. The molecule has 1 N–H and O–H groups in total. The first-order chi connectivity index (χ1) is 13.2. The number of carbonyl (C=O) groups excluding carboxylic acids is 1. The van der Waals surface area contributed by atoms with Crippen LogP contribution in [0.3, 0.4) is 0 Å². The number of thioether (sulfide) groups is 1. The molecule has 152 valence electrons. The number of rotatable bonds is 9. The molecule has 0 spiro atoms. The molecule has 0 aliphatic rings. The molecule has 11 heteroatoms. The summed E-state index contributed by atoms with van der Waals surface area (Å²) in [5.74, 6) is 0.554. The van der Waals surface area contributed by atoms with E-state index < -0.39 is 16.0 Å². The van der Waals surface area contributed by atoms with E-state index in [2.05, 4.69) is 9.46 Å². The van der Waals surface area contributed by atoms with Gasteiger partial charge in [-0.1, -0.05) is 34.8 Å². The summed E-state index contributed by atoms with van der Waals surface area (Å²) in [5, 5.41) is 0.285. The number of sulfonamides is 1. The Hall–Kier alpha value is -1.16. The molecule has 6 nitrogen and oxygen atoms in total. The monoisotopic (exact) mass is 483 g/mol. The Bertz CT molecular complexity index is 937. The average Bonchev–Trinajstić information content (AvgIpc) is 2.67. The van der Waals surface area contributed by atoms with Gasteiger partial charge in [0.2, 0.25) is 10.0 Å². The van der Waals surface area contributed by atoms with Gasteiger partial charge in [0.1, 0.15) is 10.6 Å². The van der Waals surface area contributed by atoms with E-state index in [1.54, 1.807) is 12.1 Å². The van der Waals surface area contributed by atoms with Crippen LogP contribution in [0.1, 0.15) is 0 Å². The zero-order valence-corrected chi connectivity index (χ0v) is 18.5. The summed E-state index contributed by atoms with van der Waals surface area (Å²) in [6, 6.07) is 9.55. The molecule has 0 aliphatic carbocycles. The third-order valence-electron chi connectivity index (χ3n) is 3.34. The summed E-state index contributed by atoms with van der Waals surface area (Å²) in [5.41, 5.74) is 0. The molecule has 0 bridgehead atoms. The molecule has 0 saturated heterocycles. The maximum atomic E-state index is 12.4. The van der Waals surface area contributed by atoms with E-state index in [4.69, 9.17) is 39.5 Å². The van der Waals surface area contributed by atoms with Crippen LogP contribution in [0.15, 0.2) is 46.2 Å². The fraction of sp³-hybridized carbons (Fsp3) is 0.235. The smallest absolute Gasteiger partial charge is 0.343 e. The van der Waals surface area contributed by atoms with Crippen molar-refractivity contribution in [1.29, 1.82) is 0 Å². The Kier molecular flexibility index (Phi) is 8.73. The third-order valence-corrected chi connectivity index (χ3v) is 7.00. The number of hydrogen-bond donors (Lipinski definition) is 1. The van der Waals surface area contributed by atoms with Crippen LogP contribution in [0.4, 0.5) is 0 Å². The summed E-state index contributed by atoms with van der Waals surface area (Å²) in [4.78, 5) is 11.8. The average molecular weight is 485 g/mol. The molecular formula is C17H16Cl3NO5S2. The van der Waals surface area contributed by atoms with Gasteiger partial charge in [-0.2, -0.15) is 0 Å². The largest absolute Gasteiger partial charge is 0.482 e. The van der Waals surface area contributed by atoms with Crippen molar-refractivity contribution >= 4 is 62.6 Å². The van der Waals surface area contributed by atoms with Crippen molar-refractivity contribution in [2.45, 2.75) is 9.79 Å². The SMILES string of the molecule is COC(=O)COc1ccc(SCCNS(=O)(=O)c2cc(Cl)c(Cl)cc2Cl)cc1. The molecule has 0 heterocycles. The molecule has 0 radical (unpaired) electrons. The predicted molar refractivity (Wildman–Crippen MR) is 111 cm³/mol. The number of benzene rings is 2. The van der Waals surface area contributed by atoms with E-state index in [0.29, 0.717) is 11.5 Å². The van der Waals surface area contributed by atoms with Crippen molar-refractivity contribution in [1.82, 2.24) is 4.72 Å². The van der Waals surface area contributed by atoms with Crippen LogP contribution in [0.5, 0.6) is 5.75 Å². The van der Waals surface area contributed by atoms with Crippen molar-refractivity contribution < 1.29 is 22.7 Å². The van der Waals surface area contributed by atoms with Gasteiger partial charge < -0.3 is 9.47 Å². The predicted octanol–water partition coefficient (Wildman–Crippen LogP) is 4.27. The van der Waals surface area contributed by atoms with Gasteiger partial charge in [-0.15, -0.1) is 11.8 Å². The van der Waals surface area contributed by atoms with Gasteiger partial charge >= 0.3 is 5.97 Å². The van der Waals surface area contributed by atoms with Crippen LogP contribution >= 0.6 is 46.6 Å². The first-order valence-corrected chi connectivity index (χ1v) is 11.4. The lowest BCUT2D eigenvalue weighted by Gasteiger charge is -2.10. The van der Waals surface area contributed by atoms with E-state index >= 15 is 0 Å². The van der Waals surface area contributed by atoms with Gasteiger partial charge in [-0.25, -0.2) is 17.9 Å². The second-order valence-electron chi connectivity index (χ2n) is 5.28. The highest BCUT2D eigenvalue weighted by atomic mass is 35.5. The minimum absolute atomic E-state index is 0.00269. The lowest BCUT2D eigenvalue weighted by molar-refractivity contribution is -0.142. The Morgan fingerprint density at radius 3 is 2.36 bits per heavy atom. The molecule has 2 rings (SSSR count). The van der Waals surface area contributed by atoms with E-state index in [0.717, 1.165) is 4.90 Å². The standard InChI is InChI=1S/C17H16Cl3NO5S2/c1-25-17(22)10-26-11-2-4-12(5-3-11)27-7-6-21-28(23,24)16-9-14(19)13(18)8-15(16)20/h2-5,8-9,21H,6-7,10H2,1H3. The van der Waals surface area contributed by atoms with Crippen molar-refractivity contribution in [3.8, 4) is 5.75 Å². The molecule has 2 aromatic carbocycles. The lowest BCUT2D eigenvalue weighted by atomic mass is 10.3. The Morgan fingerprint density at radius 2 is 1.71 bits per heavy atom. The number of hydrogen-bond acceptors (Lipinski definition) is 6. The van der Waals surface area contributed by atoms with E-state index in [-0.39, 0.29) is 33.1 Å². The van der Waals surface area contributed by atoms with Crippen molar-refractivity contribution in [3.63, 3.8) is 0 Å². The van der Waals surface area contributed by atoms with Gasteiger partial charge in [0.05, 0.1) is 22.2 Å². The fourth-order valence-corrected chi connectivity index (χ4v) is 4.89. The van der Waals surface area contributed by atoms with Crippen molar-refractivity contribution in [2.24, 2.45) is 0 Å². The second kappa shape index (κ2) is 10.6. The van der Waals surface area contributed by atoms with Crippen molar-refractivity contribution in [3.05, 3.63) is 51.5 Å². The number of ether oxygens (including phenoxy) is 2. The first kappa shape index (κ1) is 23.1. The highest BCUT2D eigenvalue weighted by Gasteiger charge is 2.19. The number of halogens is 3. The summed E-state index contributed by atoms with van der Waals surface area (Å²) < 4.78 is 36.9. The Morgan fingerprint density at radius 1 is 1.07 bits per heavy atom. The summed E-state index contributed by atoms with van der Waals surface area (Å²) in [6.45, 7) is 0.0200. The molecular weight excluding hydrogens is 469 g/mol. The highest BCUT2D eigenvalue weighted by Crippen LogP contribution is 2.31. The first-order valence-electron chi connectivity index (χ1n) is 7.79. The van der Waals surface area contributed by atoms with Gasteiger partial charge in [0.25, 0.3) is 0 Å². The third kappa shape index (κ3) is 6.72. The number of methoxy groups -OCH3 is 1. The van der Waals surface area contributed by atoms with Crippen LogP contribution in [-0.2, 0) is 19.6 Å². The topological polar surface area (TPSA) is 81.7 Å². The Labute approximate surface area is 182 Å².